The van der Waals surface area contributed by atoms with Gasteiger partial charge in [0.1, 0.15) is 0 Å². The van der Waals surface area contributed by atoms with E-state index in [2.05, 4.69) is 0 Å². The molecule has 6 heteroatoms. The molecule has 0 saturated heterocycles. The third-order valence-corrected chi connectivity index (χ3v) is 5.79. The van der Waals surface area contributed by atoms with E-state index < -0.39 is 6.72 Å². The van der Waals surface area contributed by atoms with Gasteiger partial charge in [0.05, 0.1) is 0 Å². The first-order valence-corrected chi connectivity index (χ1v) is 6.35. The molecule has 0 aromatic carbocycles. The van der Waals surface area contributed by atoms with Crippen molar-refractivity contribution in [2.75, 3.05) is 20.4 Å². The molecule has 66 valence electrons. The SMILES string of the molecule is COP(=O)(SC)N(C)C(C)=O. The number of nitrogens with zero attached hydrogens (tertiary/aromatic N) is 1. The van der Waals surface area contributed by atoms with Crippen molar-refractivity contribution in [3.8, 4) is 0 Å². The lowest BCUT2D eigenvalue weighted by molar-refractivity contribution is -0.123. The van der Waals surface area contributed by atoms with Crippen LogP contribution in [0.2, 0.25) is 0 Å². The predicted octanol–water partition coefficient (Wildman–Crippen LogP) is 1.58. The van der Waals surface area contributed by atoms with Crippen LogP contribution in [0.3, 0.4) is 0 Å². The van der Waals surface area contributed by atoms with Gasteiger partial charge in [-0.15, -0.1) is 0 Å². The third kappa shape index (κ3) is 2.51. The summed E-state index contributed by atoms with van der Waals surface area (Å²) in [6, 6.07) is 0. The molecule has 1 amide bonds. The number of carbonyl (C=O) groups excluding carboxylic acids is 1. The summed E-state index contributed by atoms with van der Waals surface area (Å²) in [5.41, 5.74) is 0. The lowest BCUT2D eigenvalue weighted by atomic mass is 10.7. The molecule has 0 fully saturated rings. The maximum absolute atomic E-state index is 11.5. The fraction of sp³-hybridized carbons (Fsp3) is 0.800. The third-order valence-electron chi connectivity index (χ3n) is 1.28. The van der Waals surface area contributed by atoms with Crippen molar-refractivity contribution in [3.63, 3.8) is 0 Å². The van der Waals surface area contributed by atoms with Gasteiger partial charge in [-0.1, -0.05) is 11.4 Å². The lowest BCUT2D eigenvalue weighted by Crippen LogP contribution is -2.19. The molecule has 1 unspecified atom stereocenters. The zero-order chi connectivity index (χ0) is 9.07. The number of amides is 1. The van der Waals surface area contributed by atoms with Gasteiger partial charge in [-0.3, -0.25) is 14.0 Å². The van der Waals surface area contributed by atoms with Gasteiger partial charge >= 0.3 is 6.72 Å². The van der Waals surface area contributed by atoms with Gasteiger partial charge in [0, 0.05) is 21.1 Å². The van der Waals surface area contributed by atoms with E-state index in [1.165, 1.54) is 21.1 Å². The van der Waals surface area contributed by atoms with Crippen molar-refractivity contribution in [2.24, 2.45) is 0 Å². The average Bonchev–Trinajstić information content (AvgIpc) is 2.01. The van der Waals surface area contributed by atoms with Gasteiger partial charge in [0.15, 0.2) is 0 Å². The minimum absolute atomic E-state index is 0.260. The molecule has 1 atom stereocenters. The van der Waals surface area contributed by atoms with Crippen molar-refractivity contribution in [2.45, 2.75) is 6.92 Å². The Kier molecular flexibility index (Phi) is 4.14. The van der Waals surface area contributed by atoms with Crippen molar-refractivity contribution in [1.82, 2.24) is 4.67 Å². The molecular weight excluding hydrogens is 185 g/mol. The van der Waals surface area contributed by atoms with Crippen LogP contribution in [0.4, 0.5) is 0 Å². The van der Waals surface area contributed by atoms with Crippen LogP contribution in [0.25, 0.3) is 0 Å². The van der Waals surface area contributed by atoms with Crippen LogP contribution in [0.15, 0.2) is 0 Å². The van der Waals surface area contributed by atoms with Crippen molar-refractivity contribution >= 4 is 24.0 Å². The Hall–Kier alpha value is 0.0100. The highest BCUT2D eigenvalue weighted by Gasteiger charge is 2.28. The first-order chi connectivity index (χ1) is 4.98. The van der Waals surface area contributed by atoms with Gasteiger partial charge in [-0.2, -0.15) is 0 Å². The second-order valence-corrected chi connectivity index (χ2v) is 6.62. The number of carbonyl (C=O) groups is 1. The fourth-order valence-electron chi connectivity index (χ4n) is 0.492. The van der Waals surface area contributed by atoms with Crippen LogP contribution in [0, 0.1) is 0 Å². The van der Waals surface area contributed by atoms with Gasteiger partial charge in [0.2, 0.25) is 5.91 Å². The van der Waals surface area contributed by atoms with Gasteiger partial charge in [-0.25, -0.2) is 0 Å². The molecule has 4 nitrogen and oxygen atoms in total. The Morgan fingerprint density at radius 2 is 2.09 bits per heavy atom. The number of hydrogen-bond donors (Lipinski definition) is 0. The molecule has 0 rings (SSSR count). The maximum Gasteiger partial charge on any atom is 0.354 e. The Balaban J connectivity index is 4.51. The summed E-state index contributed by atoms with van der Waals surface area (Å²) in [7, 11) is 2.79. The largest absolute Gasteiger partial charge is 0.354 e. The molecule has 0 N–H and O–H groups in total. The standard InChI is InChI=1S/C5H12NO3PS/c1-5(7)6(2)10(8,9-3)11-4/h1-4H3. The second kappa shape index (κ2) is 4.14. The number of hydrogen-bond acceptors (Lipinski definition) is 4. The smallest absolute Gasteiger partial charge is 0.309 e. The minimum Gasteiger partial charge on any atom is -0.309 e. The van der Waals surface area contributed by atoms with Crippen molar-refractivity contribution < 1.29 is 13.9 Å². The van der Waals surface area contributed by atoms with E-state index in [1.54, 1.807) is 6.26 Å². The Morgan fingerprint density at radius 3 is 2.18 bits per heavy atom. The molecule has 0 aliphatic rings. The lowest BCUT2D eigenvalue weighted by Gasteiger charge is -2.22. The summed E-state index contributed by atoms with van der Waals surface area (Å²) in [6.07, 6.45) is 1.64. The normalized spacial score (nSPS) is 15.6. The summed E-state index contributed by atoms with van der Waals surface area (Å²) in [6.45, 7) is -1.58. The average molecular weight is 197 g/mol. The molecular formula is C5H12NO3PS. The van der Waals surface area contributed by atoms with E-state index >= 15 is 0 Å². The number of rotatable bonds is 3. The molecule has 0 aromatic rings. The summed E-state index contributed by atoms with van der Waals surface area (Å²) in [5.74, 6) is -0.260. The molecule has 0 heterocycles. The maximum atomic E-state index is 11.5. The van der Waals surface area contributed by atoms with Crippen molar-refractivity contribution in [1.29, 1.82) is 0 Å². The van der Waals surface area contributed by atoms with E-state index in [4.69, 9.17) is 4.52 Å². The van der Waals surface area contributed by atoms with Crippen LogP contribution in [-0.4, -0.2) is 31.0 Å². The molecule has 11 heavy (non-hydrogen) atoms. The first-order valence-electron chi connectivity index (χ1n) is 2.94. The van der Waals surface area contributed by atoms with Gasteiger partial charge in [-0.05, 0) is 6.26 Å². The first kappa shape index (κ1) is 11.0. The second-order valence-electron chi connectivity index (χ2n) is 1.88. The Labute approximate surface area is 70.5 Å². The zero-order valence-electron chi connectivity index (χ0n) is 7.03. The van der Waals surface area contributed by atoms with E-state index in [9.17, 15) is 9.36 Å². The quantitative estimate of drug-likeness (QED) is 0.644. The van der Waals surface area contributed by atoms with E-state index in [0.29, 0.717) is 0 Å². The van der Waals surface area contributed by atoms with E-state index in [0.717, 1.165) is 16.1 Å². The minimum atomic E-state index is -2.93. The molecule has 0 aliphatic carbocycles. The highest BCUT2D eigenvalue weighted by atomic mass is 32.7. The van der Waals surface area contributed by atoms with Crippen LogP contribution in [0.1, 0.15) is 6.92 Å². The highest BCUT2D eigenvalue weighted by Crippen LogP contribution is 2.59. The van der Waals surface area contributed by atoms with Crippen LogP contribution >= 0.6 is 18.1 Å². The summed E-state index contributed by atoms with van der Waals surface area (Å²) >= 11 is 1.05. The fourth-order valence-corrected chi connectivity index (χ4v) is 3.00. The van der Waals surface area contributed by atoms with Gasteiger partial charge < -0.3 is 4.52 Å². The molecule has 0 saturated carbocycles. The monoisotopic (exact) mass is 197 g/mol. The molecule has 0 radical (unpaired) electrons. The molecule has 0 bridgehead atoms. The molecule has 0 aromatic heterocycles. The Bertz CT molecular complexity index is 188. The van der Waals surface area contributed by atoms with E-state index in [1.807, 2.05) is 0 Å². The topological polar surface area (TPSA) is 46.6 Å². The van der Waals surface area contributed by atoms with Crippen LogP contribution in [0.5, 0.6) is 0 Å². The summed E-state index contributed by atoms with van der Waals surface area (Å²) in [5, 5.41) is 0. The van der Waals surface area contributed by atoms with Crippen LogP contribution < -0.4 is 0 Å². The molecule has 0 aliphatic heterocycles. The highest BCUT2D eigenvalue weighted by molar-refractivity contribution is 8.55. The van der Waals surface area contributed by atoms with E-state index in [-0.39, 0.29) is 5.91 Å². The van der Waals surface area contributed by atoms with Gasteiger partial charge in [0.25, 0.3) is 0 Å². The summed E-state index contributed by atoms with van der Waals surface area (Å²) < 4.78 is 17.4. The Morgan fingerprint density at radius 1 is 1.64 bits per heavy atom. The summed E-state index contributed by atoms with van der Waals surface area (Å²) in [4.78, 5) is 10.8. The van der Waals surface area contributed by atoms with Crippen molar-refractivity contribution in [3.05, 3.63) is 0 Å². The van der Waals surface area contributed by atoms with Crippen LogP contribution in [-0.2, 0) is 13.9 Å². The zero-order valence-corrected chi connectivity index (χ0v) is 8.74. The predicted molar refractivity (Wildman–Crippen MR) is 46.6 cm³/mol. The molecule has 0 spiro atoms.